The molecule has 1 aliphatic rings. The molecule has 3 rings (SSSR count). The average Bonchev–Trinajstić information content (AvgIpc) is 3.13. The van der Waals surface area contributed by atoms with E-state index in [4.69, 9.17) is 4.74 Å². The fraction of sp³-hybridized carbons (Fsp3) is 0.450. The molecule has 8 heteroatoms. The number of carbonyl (C=O) groups excluding carboxylic acids is 1. The number of amides is 1. The molecule has 2 aromatic rings. The summed E-state index contributed by atoms with van der Waals surface area (Å²) in [4.78, 5) is 21.1. The van der Waals surface area contributed by atoms with Gasteiger partial charge in [-0.1, -0.05) is 18.2 Å². The van der Waals surface area contributed by atoms with Crippen LogP contribution in [-0.4, -0.2) is 65.9 Å². The zero-order valence-corrected chi connectivity index (χ0v) is 16.5. The summed E-state index contributed by atoms with van der Waals surface area (Å²) in [5.41, 5.74) is 0.840. The van der Waals surface area contributed by atoms with E-state index < -0.39 is 0 Å². The highest BCUT2D eigenvalue weighted by Crippen LogP contribution is 2.16. The molecule has 2 heterocycles. The number of nitrogens with one attached hydrogen (secondary N) is 1. The van der Waals surface area contributed by atoms with Crippen LogP contribution in [0.2, 0.25) is 0 Å². The van der Waals surface area contributed by atoms with Gasteiger partial charge in [0.15, 0.2) is 5.96 Å². The highest BCUT2D eigenvalue weighted by atomic mass is 16.5. The van der Waals surface area contributed by atoms with Crippen LogP contribution >= 0.6 is 0 Å². The number of benzene rings is 1. The smallest absolute Gasteiger partial charge is 0.246 e. The van der Waals surface area contributed by atoms with Gasteiger partial charge in [-0.05, 0) is 19.1 Å². The van der Waals surface area contributed by atoms with Gasteiger partial charge in [-0.15, -0.1) is 0 Å². The first-order valence-electron chi connectivity index (χ1n) is 9.67. The molecule has 0 unspecified atom stereocenters. The molecule has 150 valence electrons. The van der Waals surface area contributed by atoms with E-state index in [0.29, 0.717) is 26.2 Å². The maximum atomic E-state index is 12.6. The van der Waals surface area contributed by atoms with Crippen LogP contribution in [0.25, 0.3) is 0 Å². The molecule has 0 atom stereocenters. The summed E-state index contributed by atoms with van der Waals surface area (Å²) in [6, 6.07) is 9.77. The molecular weight excluding hydrogens is 356 g/mol. The van der Waals surface area contributed by atoms with E-state index in [1.54, 1.807) is 15.8 Å². The van der Waals surface area contributed by atoms with E-state index >= 15 is 0 Å². The molecule has 1 aliphatic heterocycles. The lowest BCUT2D eigenvalue weighted by molar-refractivity contribution is -0.120. The Morgan fingerprint density at radius 3 is 2.79 bits per heavy atom. The predicted molar refractivity (Wildman–Crippen MR) is 110 cm³/mol. The number of carbonyl (C=O) groups is 1. The number of rotatable bonds is 7. The minimum Gasteiger partial charge on any atom is -0.494 e. The summed E-state index contributed by atoms with van der Waals surface area (Å²) in [7, 11) is 1.85. The molecular formula is C20H28N6O2. The molecule has 1 aromatic carbocycles. The summed E-state index contributed by atoms with van der Waals surface area (Å²) in [5, 5.41) is 7.44. The Labute approximate surface area is 165 Å². The summed E-state index contributed by atoms with van der Waals surface area (Å²) in [5.74, 6) is 1.70. The van der Waals surface area contributed by atoms with Gasteiger partial charge in [-0.2, -0.15) is 5.10 Å². The van der Waals surface area contributed by atoms with Crippen molar-refractivity contribution in [1.29, 1.82) is 0 Å². The van der Waals surface area contributed by atoms with Gasteiger partial charge in [0.1, 0.15) is 12.3 Å². The molecule has 28 heavy (non-hydrogen) atoms. The Morgan fingerprint density at radius 1 is 1.29 bits per heavy atom. The van der Waals surface area contributed by atoms with Gasteiger partial charge < -0.3 is 19.9 Å². The van der Waals surface area contributed by atoms with Gasteiger partial charge >= 0.3 is 0 Å². The lowest BCUT2D eigenvalue weighted by Gasteiger charge is -2.35. The summed E-state index contributed by atoms with van der Waals surface area (Å²) in [6.07, 6.45) is 4.40. The molecule has 0 bridgehead atoms. The van der Waals surface area contributed by atoms with E-state index in [-0.39, 0.29) is 5.91 Å². The monoisotopic (exact) mass is 384 g/mol. The van der Waals surface area contributed by atoms with E-state index in [1.165, 1.54) is 0 Å². The minimum absolute atomic E-state index is 0.0530. The van der Waals surface area contributed by atoms with Crippen LogP contribution in [-0.2, 0) is 11.8 Å². The number of anilines is 1. The topological polar surface area (TPSA) is 75.0 Å². The number of aliphatic imine (C=N–C) groups is 1. The molecule has 1 aromatic heterocycles. The van der Waals surface area contributed by atoms with Crippen molar-refractivity contribution >= 4 is 17.6 Å². The van der Waals surface area contributed by atoms with Crippen molar-refractivity contribution < 1.29 is 9.53 Å². The third kappa shape index (κ3) is 5.25. The number of guanidine groups is 1. The maximum Gasteiger partial charge on any atom is 0.246 e. The first kappa shape index (κ1) is 19.7. The fourth-order valence-corrected chi connectivity index (χ4v) is 3.06. The lowest BCUT2D eigenvalue weighted by Crippen LogP contribution is -2.55. The molecule has 1 N–H and O–H groups in total. The lowest BCUT2D eigenvalue weighted by atomic mass is 10.3. The second kappa shape index (κ2) is 9.77. The van der Waals surface area contributed by atoms with Crippen molar-refractivity contribution in [3.63, 3.8) is 0 Å². The van der Waals surface area contributed by atoms with E-state index in [1.807, 2.05) is 55.4 Å². The van der Waals surface area contributed by atoms with Gasteiger partial charge in [-0.25, -0.2) is 0 Å². The molecule has 1 saturated heterocycles. The normalized spacial score (nSPS) is 15.1. The van der Waals surface area contributed by atoms with Crippen LogP contribution in [0.4, 0.5) is 5.69 Å². The Bertz CT molecular complexity index is 789. The van der Waals surface area contributed by atoms with Crippen molar-refractivity contribution in [2.45, 2.75) is 13.3 Å². The molecule has 0 saturated carbocycles. The zero-order valence-electron chi connectivity index (χ0n) is 16.5. The Kier molecular flexibility index (Phi) is 6.89. The first-order valence-corrected chi connectivity index (χ1v) is 9.67. The third-order valence-electron chi connectivity index (χ3n) is 4.43. The van der Waals surface area contributed by atoms with Crippen LogP contribution in [0, 0.1) is 0 Å². The second-order valence-electron chi connectivity index (χ2n) is 6.59. The van der Waals surface area contributed by atoms with Crippen molar-refractivity contribution in [1.82, 2.24) is 20.0 Å². The predicted octanol–water partition coefficient (Wildman–Crippen LogP) is 1.50. The average molecular weight is 384 g/mol. The quantitative estimate of drug-likeness (QED) is 0.445. The van der Waals surface area contributed by atoms with Crippen molar-refractivity contribution in [2.75, 3.05) is 44.2 Å². The molecule has 0 radical (unpaired) electrons. The van der Waals surface area contributed by atoms with Crippen LogP contribution < -0.4 is 15.0 Å². The first-order chi connectivity index (χ1) is 13.7. The number of hydrogen-bond acceptors (Lipinski definition) is 4. The number of para-hydroxylation sites is 1. The minimum atomic E-state index is 0.0530. The van der Waals surface area contributed by atoms with E-state index in [2.05, 4.69) is 15.4 Å². The summed E-state index contributed by atoms with van der Waals surface area (Å²) >= 11 is 0. The maximum absolute atomic E-state index is 12.6. The van der Waals surface area contributed by atoms with E-state index in [0.717, 1.165) is 36.9 Å². The molecule has 1 fully saturated rings. The van der Waals surface area contributed by atoms with Gasteiger partial charge in [0, 0.05) is 45.8 Å². The Hall–Kier alpha value is -3.03. The highest BCUT2D eigenvalue weighted by molar-refractivity contribution is 5.98. The van der Waals surface area contributed by atoms with Crippen molar-refractivity contribution in [3.05, 3.63) is 42.7 Å². The number of nitrogens with zero attached hydrogens (tertiary/aromatic N) is 5. The number of aromatic nitrogens is 2. The Balaban J connectivity index is 1.50. The third-order valence-corrected chi connectivity index (χ3v) is 4.43. The second-order valence-corrected chi connectivity index (χ2v) is 6.59. The fourth-order valence-electron chi connectivity index (χ4n) is 3.06. The Morgan fingerprint density at radius 2 is 2.11 bits per heavy atom. The highest BCUT2D eigenvalue weighted by Gasteiger charge is 2.27. The molecule has 1 amide bonds. The zero-order chi connectivity index (χ0) is 19.8. The van der Waals surface area contributed by atoms with Crippen LogP contribution in [0.1, 0.15) is 13.3 Å². The molecule has 0 spiro atoms. The largest absolute Gasteiger partial charge is 0.494 e. The van der Waals surface area contributed by atoms with Crippen LogP contribution in [0.3, 0.4) is 0 Å². The number of piperazine rings is 1. The summed E-state index contributed by atoms with van der Waals surface area (Å²) < 4.78 is 7.41. The van der Waals surface area contributed by atoms with Crippen LogP contribution in [0.5, 0.6) is 5.75 Å². The van der Waals surface area contributed by atoms with Gasteiger partial charge in [-0.3, -0.25) is 14.5 Å². The van der Waals surface area contributed by atoms with Crippen molar-refractivity contribution in [2.24, 2.45) is 12.0 Å². The van der Waals surface area contributed by atoms with Gasteiger partial charge in [0.2, 0.25) is 5.91 Å². The van der Waals surface area contributed by atoms with Crippen molar-refractivity contribution in [3.8, 4) is 5.75 Å². The molecule has 0 aliphatic carbocycles. The summed E-state index contributed by atoms with van der Waals surface area (Å²) in [6.45, 7) is 5.70. The van der Waals surface area contributed by atoms with E-state index in [9.17, 15) is 4.79 Å². The van der Waals surface area contributed by atoms with Gasteiger partial charge in [0.25, 0.3) is 0 Å². The number of aryl methyl sites for hydroxylation is 1. The number of hydrogen-bond donors (Lipinski definition) is 1. The number of ether oxygens (including phenoxy) is 1. The van der Waals surface area contributed by atoms with Crippen LogP contribution in [0.15, 0.2) is 47.7 Å². The van der Waals surface area contributed by atoms with Gasteiger partial charge in [0.05, 0.1) is 18.5 Å². The SMILES string of the molecule is CCNC(=NCCCOc1ccccc1)N1CCN(c2cnn(C)c2)C(=O)C1. The standard InChI is InChI=1S/C20H28N6O2/c1-3-21-20(22-10-7-13-28-18-8-5-4-6-9-18)25-11-12-26(19(27)16-25)17-14-23-24(2)15-17/h4-6,8-9,14-15H,3,7,10-13,16H2,1-2H3,(H,21,22). The molecule has 8 nitrogen and oxygen atoms in total.